The topological polar surface area (TPSA) is 62.3 Å². The third kappa shape index (κ3) is 5.66. The summed E-state index contributed by atoms with van der Waals surface area (Å²) in [5.41, 5.74) is 0.624. The highest BCUT2D eigenvalue weighted by Crippen LogP contribution is 2.44. The van der Waals surface area contributed by atoms with Crippen molar-refractivity contribution in [3.63, 3.8) is 0 Å². The molecule has 0 aliphatic heterocycles. The van der Waals surface area contributed by atoms with Gasteiger partial charge < -0.3 is 15.4 Å². The Morgan fingerprint density at radius 2 is 2.05 bits per heavy atom. The summed E-state index contributed by atoms with van der Waals surface area (Å²) in [6, 6.07) is 3.64. The molecule has 21 heavy (non-hydrogen) atoms. The SMILES string of the molecule is CN(Cc1cccc(OC(F)F)c1SC(F)(F)F)C(=N)N. The van der Waals surface area contributed by atoms with E-state index >= 15 is 0 Å². The molecular weight excluding hydrogens is 317 g/mol. The lowest BCUT2D eigenvalue weighted by Crippen LogP contribution is -2.32. The molecule has 0 aliphatic rings. The van der Waals surface area contributed by atoms with Crippen molar-refractivity contribution in [2.75, 3.05) is 7.05 Å². The second kappa shape index (κ2) is 6.83. The van der Waals surface area contributed by atoms with Gasteiger partial charge in [-0.15, -0.1) is 0 Å². The van der Waals surface area contributed by atoms with Gasteiger partial charge in [-0.3, -0.25) is 5.41 Å². The van der Waals surface area contributed by atoms with Gasteiger partial charge in [0.25, 0.3) is 0 Å². The van der Waals surface area contributed by atoms with Crippen LogP contribution in [0.3, 0.4) is 0 Å². The largest absolute Gasteiger partial charge is 0.446 e. The molecule has 1 rings (SSSR count). The highest BCUT2D eigenvalue weighted by molar-refractivity contribution is 8.00. The number of halogens is 5. The molecule has 1 aromatic carbocycles. The third-order valence-electron chi connectivity index (χ3n) is 2.31. The molecule has 0 amide bonds. The fraction of sp³-hybridized carbons (Fsp3) is 0.364. The predicted molar refractivity (Wildman–Crippen MR) is 68.4 cm³/mol. The summed E-state index contributed by atoms with van der Waals surface area (Å²) in [6.07, 6.45) is 0. The van der Waals surface area contributed by atoms with Gasteiger partial charge in [-0.2, -0.15) is 22.0 Å². The fourth-order valence-electron chi connectivity index (χ4n) is 1.45. The molecule has 0 aliphatic carbocycles. The number of thioether (sulfide) groups is 1. The monoisotopic (exact) mass is 329 g/mol. The van der Waals surface area contributed by atoms with Crippen LogP contribution in [0.4, 0.5) is 22.0 Å². The van der Waals surface area contributed by atoms with E-state index in [1.54, 1.807) is 0 Å². The maximum absolute atomic E-state index is 12.6. The van der Waals surface area contributed by atoms with Crippen molar-refractivity contribution in [1.82, 2.24) is 4.90 Å². The number of guanidine groups is 1. The maximum Gasteiger partial charge on any atom is 0.446 e. The average Bonchev–Trinajstić information content (AvgIpc) is 2.30. The molecule has 10 heteroatoms. The van der Waals surface area contributed by atoms with Gasteiger partial charge in [-0.05, 0) is 23.4 Å². The minimum atomic E-state index is -4.66. The normalized spacial score (nSPS) is 11.6. The van der Waals surface area contributed by atoms with Crippen molar-refractivity contribution in [3.8, 4) is 5.75 Å². The lowest BCUT2D eigenvalue weighted by molar-refractivity contribution is -0.0528. The predicted octanol–water partition coefficient (Wildman–Crippen LogP) is 3.23. The van der Waals surface area contributed by atoms with E-state index in [0.717, 1.165) is 6.07 Å². The van der Waals surface area contributed by atoms with Crippen molar-refractivity contribution in [3.05, 3.63) is 23.8 Å². The summed E-state index contributed by atoms with van der Waals surface area (Å²) in [4.78, 5) is 0.695. The molecule has 0 saturated carbocycles. The Balaban J connectivity index is 3.18. The van der Waals surface area contributed by atoms with Gasteiger partial charge in [0, 0.05) is 13.6 Å². The van der Waals surface area contributed by atoms with Crippen molar-refractivity contribution in [2.24, 2.45) is 5.73 Å². The van der Waals surface area contributed by atoms with E-state index in [9.17, 15) is 22.0 Å². The van der Waals surface area contributed by atoms with Gasteiger partial charge in [0.1, 0.15) is 5.75 Å². The van der Waals surface area contributed by atoms with E-state index in [2.05, 4.69) is 4.74 Å². The van der Waals surface area contributed by atoms with Gasteiger partial charge in [-0.25, -0.2) is 0 Å². The van der Waals surface area contributed by atoms with Crippen molar-refractivity contribution >= 4 is 17.7 Å². The summed E-state index contributed by atoms with van der Waals surface area (Å²) >= 11 is -0.547. The lowest BCUT2D eigenvalue weighted by atomic mass is 10.2. The minimum absolute atomic E-state index is 0.0770. The van der Waals surface area contributed by atoms with Crippen molar-refractivity contribution in [1.29, 1.82) is 5.41 Å². The molecule has 3 N–H and O–H groups in total. The Kier molecular flexibility index (Phi) is 5.64. The Bertz CT molecular complexity index is 509. The number of ether oxygens (including phenoxy) is 1. The van der Waals surface area contributed by atoms with Crippen LogP contribution < -0.4 is 10.5 Å². The molecule has 0 atom stereocenters. The molecular formula is C11H12F5N3OS. The second-order valence-corrected chi connectivity index (χ2v) is 4.99. The number of nitrogens with zero attached hydrogens (tertiary/aromatic N) is 1. The number of alkyl halides is 5. The van der Waals surface area contributed by atoms with Crippen molar-refractivity contribution in [2.45, 2.75) is 23.6 Å². The number of benzene rings is 1. The Labute approximate surface area is 121 Å². The zero-order valence-corrected chi connectivity index (χ0v) is 11.6. The number of hydrogen-bond donors (Lipinski definition) is 2. The number of nitrogens with two attached hydrogens (primary N) is 1. The van der Waals surface area contributed by atoms with Crippen LogP contribution >= 0.6 is 11.8 Å². The highest BCUT2D eigenvalue weighted by Gasteiger charge is 2.33. The molecule has 0 saturated heterocycles. The van der Waals surface area contributed by atoms with Gasteiger partial charge >= 0.3 is 12.1 Å². The van der Waals surface area contributed by atoms with E-state index < -0.39 is 34.5 Å². The van der Waals surface area contributed by atoms with Crippen LogP contribution in [0.1, 0.15) is 5.56 Å². The molecule has 0 fully saturated rings. The first-order chi connectivity index (χ1) is 9.60. The van der Waals surface area contributed by atoms with Crippen LogP contribution in [-0.2, 0) is 6.54 Å². The zero-order valence-electron chi connectivity index (χ0n) is 10.7. The van der Waals surface area contributed by atoms with Gasteiger partial charge in [0.15, 0.2) is 5.96 Å². The van der Waals surface area contributed by atoms with Crippen LogP contribution in [0.25, 0.3) is 0 Å². The second-order valence-electron chi connectivity index (χ2n) is 3.91. The zero-order chi connectivity index (χ0) is 16.2. The Hall–Kier alpha value is -1.71. The van der Waals surface area contributed by atoms with Crippen LogP contribution in [0.2, 0.25) is 0 Å². The molecule has 0 aromatic heterocycles. The molecule has 0 unspecified atom stereocenters. The van der Waals surface area contributed by atoms with Gasteiger partial charge in [0.05, 0.1) is 4.90 Å². The van der Waals surface area contributed by atoms with Gasteiger partial charge in [-0.1, -0.05) is 12.1 Å². The van der Waals surface area contributed by atoms with Crippen LogP contribution in [0.5, 0.6) is 5.75 Å². The van der Waals surface area contributed by atoms with Crippen molar-refractivity contribution < 1.29 is 26.7 Å². The maximum atomic E-state index is 12.6. The van der Waals surface area contributed by atoms with Crippen LogP contribution in [0, 0.1) is 5.41 Å². The molecule has 118 valence electrons. The molecule has 0 heterocycles. The first-order valence-electron chi connectivity index (χ1n) is 5.47. The minimum Gasteiger partial charge on any atom is -0.434 e. The first-order valence-corrected chi connectivity index (χ1v) is 6.29. The smallest absolute Gasteiger partial charge is 0.434 e. The van der Waals surface area contributed by atoms with E-state index in [0.29, 0.717) is 0 Å². The molecule has 0 radical (unpaired) electrons. The van der Waals surface area contributed by atoms with Gasteiger partial charge in [0.2, 0.25) is 0 Å². The van der Waals surface area contributed by atoms with E-state index in [4.69, 9.17) is 11.1 Å². The first kappa shape index (κ1) is 17.3. The summed E-state index contributed by atoms with van der Waals surface area (Å²) in [7, 11) is 1.39. The van der Waals surface area contributed by atoms with Crippen LogP contribution in [-0.4, -0.2) is 30.0 Å². The quantitative estimate of drug-likeness (QED) is 0.377. The van der Waals surface area contributed by atoms with Crippen LogP contribution in [0.15, 0.2) is 23.1 Å². The molecule has 1 aromatic rings. The lowest BCUT2D eigenvalue weighted by Gasteiger charge is -2.20. The standard InChI is InChI=1S/C11H12F5N3OS/c1-19(10(17)18)5-6-3-2-4-7(20-9(12)13)8(6)21-11(14,15)16/h2-4,9H,5H2,1H3,(H3,17,18). The summed E-state index contributed by atoms with van der Waals surface area (Å²) in [6.45, 7) is -3.38. The number of hydrogen-bond acceptors (Lipinski definition) is 3. The Morgan fingerprint density at radius 3 is 2.52 bits per heavy atom. The average molecular weight is 329 g/mol. The van der Waals surface area contributed by atoms with E-state index in [1.165, 1.54) is 24.1 Å². The number of rotatable bonds is 5. The fourth-order valence-corrected chi connectivity index (χ4v) is 2.16. The third-order valence-corrected chi connectivity index (χ3v) is 3.21. The molecule has 4 nitrogen and oxygen atoms in total. The highest BCUT2D eigenvalue weighted by atomic mass is 32.2. The summed E-state index contributed by atoms with van der Waals surface area (Å²) in [5.74, 6) is -0.931. The number of nitrogens with one attached hydrogen (secondary N) is 1. The molecule has 0 bridgehead atoms. The summed E-state index contributed by atoms with van der Waals surface area (Å²) in [5, 5.41) is 7.19. The van der Waals surface area contributed by atoms with E-state index in [-0.39, 0.29) is 18.1 Å². The molecule has 0 spiro atoms. The Morgan fingerprint density at radius 1 is 1.43 bits per heavy atom. The van der Waals surface area contributed by atoms with E-state index in [1.807, 2.05) is 0 Å². The summed E-state index contributed by atoms with van der Waals surface area (Å²) < 4.78 is 66.4.